The molecule has 0 amide bonds. The van der Waals surface area contributed by atoms with Crippen LogP contribution in [0.4, 0.5) is 0 Å². The molecule has 14 aromatic rings. The molecule has 4 heterocycles. The van der Waals surface area contributed by atoms with Gasteiger partial charge in [-0.05, 0) is 179 Å². The van der Waals surface area contributed by atoms with Crippen LogP contribution < -0.4 is 0 Å². The molecule has 0 saturated carbocycles. The SMILES string of the molecule is C.CC(C)(C)c1ccc2[nH]c3ccc(C(C)(C)C)cc3c2c1.Cc1ccc(S(=O)(=O)n2c3ccccc3c3cc(-n4c5ccc(C(C)(C)C)cc5c5cc(C(C)(C)C)ccc54)ccc32)cc1.Cc1ccc(S(=O)(=O)n2c3ccccc3c3cc(Br)ccc32)cc1.[Cu].[O]=[Cu]. The zero-order chi connectivity index (χ0) is 65.5. The number of hydrogen-bond donors (Lipinski definition) is 1. The van der Waals surface area contributed by atoms with Crippen LogP contribution in [0, 0.1) is 13.8 Å². The van der Waals surface area contributed by atoms with Gasteiger partial charge in [0, 0.05) is 81.4 Å². The number of hydrogen-bond acceptors (Lipinski definition) is 5. The van der Waals surface area contributed by atoms with Crippen molar-refractivity contribution >= 4 is 123 Å². The molecule has 1 N–H and O–H groups in total. The minimum atomic E-state index is -3.83. The number of nitrogens with zero attached hydrogens (tertiary/aromatic N) is 3. The molecule has 0 atom stereocenters. The van der Waals surface area contributed by atoms with E-state index in [1.807, 2.05) is 111 Å². The van der Waals surface area contributed by atoms with Gasteiger partial charge in [0.05, 0.1) is 42.9 Å². The number of halogens is 1. The molecule has 4 aromatic heterocycles. The number of rotatable bonds is 5. The first-order valence-electron chi connectivity index (χ1n) is 30.5. The van der Waals surface area contributed by atoms with Crippen molar-refractivity contribution < 1.29 is 53.7 Å². The molecule has 0 aliphatic heterocycles. The maximum absolute atomic E-state index is 14.1. The van der Waals surface area contributed by atoms with E-state index in [1.165, 1.54) is 62.8 Å². The van der Waals surface area contributed by atoms with Crippen molar-refractivity contribution in [3.8, 4) is 5.69 Å². The van der Waals surface area contributed by atoms with Crippen molar-refractivity contribution in [2.45, 2.75) is 136 Å². The standard InChI is InChI=1S/C39H38N2O2S.C20H25N.C19H14BrNO2S.CH4.2Cu.O/c1-25-12-17-29(18-13-25)44(42,43)41-36-11-9-8-10-30(36)33-24-28(16-21-37(33)41)40-34-19-14-26(38(2,3)4)22-31(34)32-23-27(39(5,6)7)15-20-35(32)40;1-19(2,3)13-7-9-17-15(11-13)16-12-14(20(4,5)6)8-10-18(16)21-17;1-13-6-9-15(10-7-13)24(22,23)21-18-5-3-2-4-16(18)17-12-14(20)8-11-19(17)21;;;;/h8-24H,1-7H3;7-12,21H,1-6H3;2-12H,1H3;1H4;;;. The van der Waals surface area contributed by atoms with Gasteiger partial charge in [-0.15, -0.1) is 0 Å². The average molecular weight is 1440 g/mol. The summed E-state index contributed by atoms with van der Waals surface area (Å²) in [6.07, 6.45) is 0. The molecule has 10 aromatic carbocycles. The van der Waals surface area contributed by atoms with Crippen LogP contribution in [0.3, 0.4) is 0 Å². The molecule has 0 aliphatic rings. The van der Waals surface area contributed by atoms with Crippen LogP contribution in [-0.4, -0.2) is 34.3 Å². The second kappa shape index (κ2) is 26.1. The molecule has 14 heteroatoms. The predicted molar refractivity (Wildman–Crippen MR) is 386 cm³/mol. The maximum atomic E-state index is 14.1. The summed E-state index contributed by atoms with van der Waals surface area (Å²) < 4.78 is 68.7. The van der Waals surface area contributed by atoms with Gasteiger partial charge >= 0.3 is 19.8 Å². The number of nitrogens with one attached hydrogen (secondary N) is 1. The summed E-state index contributed by atoms with van der Waals surface area (Å²) in [5, 5.41) is 8.77. The summed E-state index contributed by atoms with van der Waals surface area (Å²) >= 11 is 6.41. The Morgan fingerprint density at radius 3 is 1.05 bits per heavy atom. The van der Waals surface area contributed by atoms with E-state index in [-0.39, 0.29) is 51.1 Å². The molecule has 1 radical (unpaired) electrons. The van der Waals surface area contributed by atoms with Crippen LogP contribution >= 0.6 is 15.9 Å². The summed E-state index contributed by atoms with van der Waals surface area (Å²) in [6.45, 7) is 31.0. The second-order valence-corrected chi connectivity index (χ2v) is 32.5. The number of aromatic amines is 1. The predicted octanol–water partition coefficient (Wildman–Crippen LogP) is 21.6. The third-order valence-corrected chi connectivity index (χ3v) is 21.4. The molecule has 14 rings (SSSR count). The van der Waals surface area contributed by atoms with E-state index in [9.17, 15) is 16.8 Å². The normalized spacial score (nSPS) is 12.4. The van der Waals surface area contributed by atoms with Crippen LogP contribution in [0.25, 0.3) is 92.9 Å². The number of para-hydroxylation sites is 2. The van der Waals surface area contributed by atoms with Crippen LogP contribution in [0.15, 0.2) is 221 Å². The fourth-order valence-electron chi connectivity index (χ4n) is 12.2. The van der Waals surface area contributed by atoms with Gasteiger partial charge in [-0.3, -0.25) is 0 Å². The zero-order valence-electron chi connectivity index (χ0n) is 54.3. The summed E-state index contributed by atoms with van der Waals surface area (Å²) in [5.74, 6) is 0. The first-order chi connectivity index (χ1) is 42.9. The Bertz CT molecular complexity index is 5240. The molecule has 0 fully saturated rings. The van der Waals surface area contributed by atoms with E-state index in [2.05, 4.69) is 209 Å². The average Bonchev–Trinajstić information content (AvgIpc) is 1.58. The zero-order valence-corrected chi connectivity index (χ0v) is 59.4. The molecular weight excluding hydrogens is 1360 g/mol. The summed E-state index contributed by atoms with van der Waals surface area (Å²) in [5.41, 5.74) is 16.2. The molecule has 0 spiro atoms. The molecule has 93 heavy (non-hydrogen) atoms. The molecule has 0 unspecified atom stereocenters. The summed E-state index contributed by atoms with van der Waals surface area (Å²) in [4.78, 5) is 4.10. The summed E-state index contributed by atoms with van der Waals surface area (Å²) in [6, 6.07) is 68.4. The molecule has 0 saturated heterocycles. The Morgan fingerprint density at radius 1 is 0.355 bits per heavy atom. The molecule has 488 valence electrons. The first kappa shape index (κ1) is 69.9. The number of fused-ring (bicyclic) bond motifs is 12. The topological polar surface area (TPSA) is 116 Å². The van der Waals surface area contributed by atoms with Crippen molar-refractivity contribution in [3.63, 3.8) is 0 Å². The Balaban J connectivity index is 0.000000176. The van der Waals surface area contributed by atoms with Crippen LogP contribution in [0.2, 0.25) is 0 Å². The molecular formula is C79H81BrCu2N4O5S2. The number of H-pyrrole nitrogens is 1. The Kier molecular flexibility index (Phi) is 19.6. The van der Waals surface area contributed by atoms with Crippen LogP contribution in [0.1, 0.15) is 124 Å². The van der Waals surface area contributed by atoms with Crippen molar-refractivity contribution in [2.24, 2.45) is 0 Å². The van der Waals surface area contributed by atoms with E-state index >= 15 is 0 Å². The van der Waals surface area contributed by atoms with Gasteiger partial charge in [-0.2, -0.15) is 0 Å². The monoisotopic (exact) mass is 1430 g/mol. The van der Waals surface area contributed by atoms with Gasteiger partial charge in [-0.25, -0.2) is 24.8 Å². The minimum absolute atomic E-state index is 0. The summed E-state index contributed by atoms with van der Waals surface area (Å²) in [7, 11) is -7.51. The van der Waals surface area contributed by atoms with Crippen molar-refractivity contribution in [1.29, 1.82) is 0 Å². The second-order valence-electron chi connectivity index (χ2n) is 28.0. The van der Waals surface area contributed by atoms with Gasteiger partial charge in [-0.1, -0.05) is 202 Å². The third kappa shape index (κ3) is 13.3. The quantitative estimate of drug-likeness (QED) is 0.172. The van der Waals surface area contributed by atoms with Gasteiger partial charge < -0.3 is 9.55 Å². The van der Waals surface area contributed by atoms with E-state index in [0.717, 1.165) is 53.9 Å². The van der Waals surface area contributed by atoms with E-state index in [0.29, 0.717) is 27.0 Å². The van der Waals surface area contributed by atoms with Crippen molar-refractivity contribution in [1.82, 2.24) is 17.5 Å². The first-order valence-corrected chi connectivity index (χ1v) is 34.6. The Labute approximate surface area is 575 Å². The Hall–Kier alpha value is -7.38. The molecule has 9 nitrogen and oxygen atoms in total. The number of benzene rings is 10. The number of aryl methyl sites for hydroxylation is 2. The van der Waals surface area contributed by atoms with Crippen molar-refractivity contribution in [3.05, 3.63) is 244 Å². The van der Waals surface area contributed by atoms with Crippen molar-refractivity contribution in [2.75, 3.05) is 0 Å². The van der Waals surface area contributed by atoms with Gasteiger partial charge in [0.1, 0.15) is 0 Å². The van der Waals surface area contributed by atoms with Gasteiger partial charge in [0.2, 0.25) is 0 Å². The van der Waals surface area contributed by atoms with E-state index < -0.39 is 20.0 Å². The molecule has 0 bridgehead atoms. The molecule has 0 aliphatic carbocycles. The van der Waals surface area contributed by atoms with Gasteiger partial charge in [0.15, 0.2) is 0 Å². The van der Waals surface area contributed by atoms with Crippen LogP contribution in [0.5, 0.6) is 0 Å². The van der Waals surface area contributed by atoms with Crippen LogP contribution in [-0.2, 0) is 78.6 Å². The van der Waals surface area contributed by atoms with E-state index in [1.54, 1.807) is 24.3 Å². The fourth-order valence-corrected chi connectivity index (χ4v) is 15.6. The fraction of sp³-hybridized carbons (Fsp3) is 0.241. The Morgan fingerprint density at radius 2 is 0.667 bits per heavy atom. The number of aromatic nitrogens is 4. The van der Waals surface area contributed by atoms with Gasteiger partial charge in [0.25, 0.3) is 20.0 Å². The van der Waals surface area contributed by atoms with E-state index in [4.69, 9.17) is 3.83 Å². The third-order valence-electron chi connectivity index (χ3n) is 17.4.